The van der Waals surface area contributed by atoms with Gasteiger partial charge in [-0.05, 0) is 31.6 Å². The van der Waals surface area contributed by atoms with Crippen LogP contribution < -0.4 is 15.4 Å². The molecule has 0 saturated heterocycles. The Balaban J connectivity index is 2.05. The molecule has 0 heterocycles. The number of rotatable bonds is 8. The highest BCUT2D eigenvalue weighted by atomic mass is 16.5. The van der Waals surface area contributed by atoms with E-state index in [1.54, 1.807) is 0 Å². The second-order valence-electron chi connectivity index (χ2n) is 3.66. The lowest BCUT2D eigenvalue weighted by Crippen LogP contribution is -2.31. The lowest BCUT2D eigenvalue weighted by atomic mass is 10.3. The van der Waals surface area contributed by atoms with Gasteiger partial charge in [0.2, 0.25) is 0 Å². The third kappa shape index (κ3) is 6.58. The third-order valence-corrected chi connectivity index (χ3v) is 2.22. The molecule has 94 valence electrons. The van der Waals surface area contributed by atoms with Crippen LogP contribution in [0.5, 0.6) is 5.75 Å². The second-order valence-corrected chi connectivity index (χ2v) is 3.66. The van der Waals surface area contributed by atoms with Gasteiger partial charge in [0, 0.05) is 6.54 Å². The number of ether oxygens (including phenoxy) is 1. The van der Waals surface area contributed by atoms with E-state index in [0.717, 1.165) is 25.3 Å². The van der Waals surface area contributed by atoms with Gasteiger partial charge in [0.15, 0.2) is 6.61 Å². The van der Waals surface area contributed by atoms with Gasteiger partial charge in [0.05, 0.1) is 0 Å². The normalized spacial score (nSPS) is 9.94. The number of para-hydroxylation sites is 1. The molecule has 1 amide bonds. The minimum absolute atomic E-state index is 0.0746. The van der Waals surface area contributed by atoms with Gasteiger partial charge in [-0.25, -0.2) is 0 Å². The van der Waals surface area contributed by atoms with Crippen LogP contribution in [0.2, 0.25) is 0 Å². The maximum Gasteiger partial charge on any atom is 0.257 e. The Morgan fingerprint density at radius 3 is 2.71 bits per heavy atom. The van der Waals surface area contributed by atoms with E-state index < -0.39 is 0 Å². The number of carbonyl (C=O) groups is 1. The van der Waals surface area contributed by atoms with Gasteiger partial charge in [-0.1, -0.05) is 25.1 Å². The molecule has 0 atom stereocenters. The van der Waals surface area contributed by atoms with Crippen molar-refractivity contribution in [2.24, 2.45) is 0 Å². The topological polar surface area (TPSA) is 50.4 Å². The Bertz CT molecular complexity index is 314. The van der Waals surface area contributed by atoms with Crippen LogP contribution in [-0.4, -0.2) is 32.1 Å². The van der Waals surface area contributed by atoms with Crippen LogP contribution in [0.1, 0.15) is 13.3 Å². The van der Waals surface area contributed by atoms with Crippen LogP contribution in [0, 0.1) is 0 Å². The summed E-state index contributed by atoms with van der Waals surface area (Å²) in [4.78, 5) is 11.4. The van der Waals surface area contributed by atoms with Crippen molar-refractivity contribution in [3.8, 4) is 5.75 Å². The summed E-state index contributed by atoms with van der Waals surface area (Å²) >= 11 is 0. The maximum atomic E-state index is 11.4. The fourth-order valence-electron chi connectivity index (χ4n) is 1.33. The summed E-state index contributed by atoms with van der Waals surface area (Å²) in [7, 11) is 0. The molecule has 4 heteroatoms. The Morgan fingerprint density at radius 2 is 2.00 bits per heavy atom. The predicted octanol–water partition coefficient (Wildman–Crippen LogP) is 1.18. The van der Waals surface area contributed by atoms with Gasteiger partial charge in [0.25, 0.3) is 5.91 Å². The summed E-state index contributed by atoms with van der Waals surface area (Å²) in [6.07, 6.45) is 0.935. The average Bonchev–Trinajstić information content (AvgIpc) is 2.37. The van der Waals surface area contributed by atoms with Gasteiger partial charge in [-0.15, -0.1) is 0 Å². The highest BCUT2D eigenvalue weighted by molar-refractivity contribution is 5.77. The quantitative estimate of drug-likeness (QED) is 0.666. The number of amides is 1. The van der Waals surface area contributed by atoms with Crippen molar-refractivity contribution in [2.75, 3.05) is 26.2 Å². The molecule has 0 aromatic heterocycles. The Hall–Kier alpha value is -1.55. The molecule has 1 aromatic rings. The van der Waals surface area contributed by atoms with Gasteiger partial charge in [-0.2, -0.15) is 0 Å². The van der Waals surface area contributed by atoms with Crippen LogP contribution in [0.15, 0.2) is 30.3 Å². The summed E-state index contributed by atoms with van der Waals surface area (Å²) in [5.41, 5.74) is 0. The Kier molecular flexibility index (Phi) is 6.82. The standard InChI is InChI=1S/C13H20N2O2/c1-2-14-9-6-10-15-13(16)11-17-12-7-4-3-5-8-12/h3-5,7-8,14H,2,6,9-11H2,1H3,(H,15,16). The lowest BCUT2D eigenvalue weighted by molar-refractivity contribution is -0.123. The zero-order valence-corrected chi connectivity index (χ0v) is 10.2. The summed E-state index contributed by atoms with van der Waals surface area (Å²) in [5, 5.41) is 6.01. The lowest BCUT2D eigenvalue weighted by Gasteiger charge is -2.07. The summed E-state index contributed by atoms with van der Waals surface area (Å²) in [6, 6.07) is 9.33. The highest BCUT2D eigenvalue weighted by Gasteiger charge is 2.01. The fraction of sp³-hybridized carbons (Fsp3) is 0.462. The molecule has 0 bridgehead atoms. The molecule has 2 N–H and O–H groups in total. The number of nitrogens with one attached hydrogen (secondary N) is 2. The molecule has 0 radical (unpaired) electrons. The molecule has 0 aliphatic carbocycles. The second kappa shape index (κ2) is 8.58. The first kappa shape index (κ1) is 13.5. The molecule has 0 aliphatic heterocycles. The Labute approximate surface area is 102 Å². The minimum atomic E-state index is -0.0784. The number of hydrogen-bond acceptors (Lipinski definition) is 3. The first-order valence-corrected chi connectivity index (χ1v) is 5.98. The van der Waals surface area contributed by atoms with Crippen molar-refractivity contribution in [1.29, 1.82) is 0 Å². The van der Waals surface area contributed by atoms with E-state index in [2.05, 4.69) is 17.6 Å². The maximum absolute atomic E-state index is 11.4. The van der Waals surface area contributed by atoms with Gasteiger partial charge in [0.1, 0.15) is 5.75 Å². The molecular weight excluding hydrogens is 216 g/mol. The van der Waals surface area contributed by atoms with Crippen molar-refractivity contribution in [1.82, 2.24) is 10.6 Å². The largest absolute Gasteiger partial charge is 0.484 e. The number of carbonyl (C=O) groups excluding carboxylic acids is 1. The van der Waals surface area contributed by atoms with E-state index in [4.69, 9.17) is 4.74 Å². The molecule has 0 unspecified atom stereocenters. The van der Waals surface area contributed by atoms with Crippen LogP contribution in [-0.2, 0) is 4.79 Å². The summed E-state index contributed by atoms with van der Waals surface area (Å²) in [6.45, 7) is 4.71. The van der Waals surface area contributed by atoms with Crippen LogP contribution in [0.4, 0.5) is 0 Å². The van der Waals surface area contributed by atoms with E-state index in [-0.39, 0.29) is 12.5 Å². The van der Waals surface area contributed by atoms with E-state index in [1.165, 1.54) is 0 Å². The fourth-order valence-corrected chi connectivity index (χ4v) is 1.33. The van der Waals surface area contributed by atoms with E-state index in [1.807, 2.05) is 30.3 Å². The smallest absolute Gasteiger partial charge is 0.257 e. The van der Waals surface area contributed by atoms with Crippen molar-refractivity contribution in [3.63, 3.8) is 0 Å². The molecule has 1 rings (SSSR count). The zero-order valence-electron chi connectivity index (χ0n) is 10.2. The van der Waals surface area contributed by atoms with Gasteiger partial charge < -0.3 is 15.4 Å². The predicted molar refractivity (Wildman–Crippen MR) is 68.1 cm³/mol. The van der Waals surface area contributed by atoms with Crippen molar-refractivity contribution < 1.29 is 9.53 Å². The molecule has 17 heavy (non-hydrogen) atoms. The van der Waals surface area contributed by atoms with Crippen LogP contribution >= 0.6 is 0 Å². The first-order chi connectivity index (χ1) is 8.33. The van der Waals surface area contributed by atoms with E-state index in [0.29, 0.717) is 6.54 Å². The van der Waals surface area contributed by atoms with Crippen molar-refractivity contribution in [2.45, 2.75) is 13.3 Å². The first-order valence-electron chi connectivity index (χ1n) is 5.98. The van der Waals surface area contributed by atoms with Crippen LogP contribution in [0.3, 0.4) is 0 Å². The SMILES string of the molecule is CCNCCCNC(=O)COc1ccccc1. The Morgan fingerprint density at radius 1 is 1.24 bits per heavy atom. The molecule has 1 aromatic carbocycles. The zero-order chi connectivity index (χ0) is 12.3. The van der Waals surface area contributed by atoms with Gasteiger partial charge >= 0.3 is 0 Å². The van der Waals surface area contributed by atoms with E-state index in [9.17, 15) is 4.79 Å². The summed E-state index contributed by atoms with van der Waals surface area (Å²) in [5.74, 6) is 0.639. The number of hydrogen-bond donors (Lipinski definition) is 2. The van der Waals surface area contributed by atoms with Crippen molar-refractivity contribution in [3.05, 3.63) is 30.3 Å². The van der Waals surface area contributed by atoms with E-state index >= 15 is 0 Å². The minimum Gasteiger partial charge on any atom is -0.484 e. The molecule has 0 fully saturated rings. The molecule has 0 spiro atoms. The molecule has 0 saturated carbocycles. The van der Waals surface area contributed by atoms with Crippen LogP contribution in [0.25, 0.3) is 0 Å². The molecule has 4 nitrogen and oxygen atoms in total. The molecule has 0 aliphatic rings. The average molecular weight is 236 g/mol. The monoisotopic (exact) mass is 236 g/mol. The third-order valence-electron chi connectivity index (χ3n) is 2.22. The summed E-state index contributed by atoms with van der Waals surface area (Å²) < 4.78 is 5.32. The number of benzene rings is 1. The molecular formula is C13H20N2O2. The van der Waals surface area contributed by atoms with Crippen molar-refractivity contribution >= 4 is 5.91 Å². The van der Waals surface area contributed by atoms with Gasteiger partial charge in [-0.3, -0.25) is 4.79 Å². The highest BCUT2D eigenvalue weighted by Crippen LogP contribution is 2.07.